The van der Waals surface area contributed by atoms with Crippen molar-refractivity contribution in [3.8, 4) is 0 Å². The molecular formula is C15H22N2O3S. The van der Waals surface area contributed by atoms with E-state index >= 15 is 0 Å². The summed E-state index contributed by atoms with van der Waals surface area (Å²) in [6.07, 6.45) is 1.25. The first kappa shape index (κ1) is 16.0. The number of aliphatic carboxylic acids is 1. The molecule has 1 amide bonds. The van der Waals surface area contributed by atoms with Gasteiger partial charge >= 0.3 is 5.97 Å². The summed E-state index contributed by atoms with van der Waals surface area (Å²) in [5.41, 5.74) is 2.37. The average Bonchev–Trinajstić information content (AvgIpc) is 2.67. The molecule has 0 aromatic carbocycles. The smallest absolute Gasteiger partial charge is 0.306 e. The molecule has 2 N–H and O–H groups in total. The fourth-order valence-electron chi connectivity index (χ4n) is 2.57. The Hall–Kier alpha value is -1.40. The fraction of sp³-hybridized carbons (Fsp3) is 0.600. The van der Waals surface area contributed by atoms with E-state index < -0.39 is 5.97 Å². The maximum Gasteiger partial charge on any atom is 0.306 e. The molecule has 6 heteroatoms. The van der Waals surface area contributed by atoms with E-state index in [0.717, 1.165) is 10.6 Å². The van der Waals surface area contributed by atoms with Gasteiger partial charge in [0.25, 0.3) is 0 Å². The SMILES string of the molecule is Cc1sc(NC(=O)CN2CCC(C(=O)O)CC2)c(C)c1C. The largest absolute Gasteiger partial charge is 0.481 e. The minimum atomic E-state index is -0.723. The van der Waals surface area contributed by atoms with Gasteiger partial charge in [-0.05, 0) is 57.8 Å². The van der Waals surface area contributed by atoms with E-state index in [0.29, 0.717) is 32.5 Å². The number of nitrogens with one attached hydrogen (secondary N) is 1. The van der Waals surface area contributed by atoms with Gasteiger partial charge in [-0.2, -0.15) is 0 Å². The highest BCUT2D eigenvalue weighted by atomic mass is 32.1. The van der Waals surface area contributed by atoms with E-state index in [-0.39, 0.29) is 11.8 Å². The molecule has 21 heavy (non-hydrogen) atoms. The average molecular weight is 310 g/mol. The number of anilines is 1. The van der Waals surface area contributed by atoms with Gasteiger partial charge in [-0.15, -0.1) is 11.3 Å². The molecule has 0 atom stereocenters. The number of aryl methyl sites for hydroxylation is 1. The molecule has 2 rings (SSSR count). The van der Waals surface area contributed by atoms with Crippen molar-refractivity contribution in [2.75, 3.05) is 25.0 Å². The summed E-state index contributed by atoms with van der Waals surface area (Å²) in [4.78, 5) is 26.3. The Balaban J connectivity index is 1.85. The second kappa shape index (κ2) is 6.58. The van der Waals surface area contributed by atoms with E-state index in [1.54, 1.807) is 11.3 Å². The number of carbonyl (C=O) groups excluding carboxylic acids is 1. The first-order chi connectivity index (χ1) is 9.88. The molecule has 1 aliphatic rings. The number of carboxylic acids is 1. The lowest BCUT2D eigenvalue weighted by Gasteiger charge is -2.29. The normalized spacial score (nSPS) is 16.9. The Labute approximate surface area is 129 Å². The van der Waals surface area contributed by atoms with Gasteiger partial charge in [0.15, 0.2) is 0 Å². The van der Waals surface area contributed by atoms with Gasteiger partial charge in [0.05, 0.1) is 17.5 Å². The zero-order valence-electron chi connectivity index (χ0n) is 12.7. The van der Waals surface area contributed by atoms with Crippen LogP contribution in [0, 0.1) is 26.7 Å². The molecule has 1 aliphatic heterocycles. The maximum absolute atomic E-state index is 12.1. The van der Waals surface area contributed by atoms with Gasteiger partial charge in [-0.25, -0.2) is 0 Å². The van der Waals surface area contributed by atoms with Gasteiger partial charge in [0.1, 0.15) is 0 Å². The van der Waals surface area contributed by atoms with Gasteiger partial charge in [0, 0.05) is 4.88 Å². The molecule has 0 aliphatic carbocycles. The minimum Gasteiger partial charge on any atom is -0.481 e. The number of amides is 1. The molecule has 1 saturated heterocycles. The molecule has 0 spiro atoms. The Kier molecular flexibility index (Phi) is 5.00. The van der Waals surface area contributed by atoms with Crippen molar-refractivity contribution < 1.29 is 14.7 Å². The molecule has 2 heterocycles. The Morgan fingerprint density at radius 2 is 1.86 bits per heavy atom. The fourth-order valence-corrected chi connectivity index (χ4v) is 3.65. The number of carbonyl (C=O) groups is 2. The van der Waals surface area contributed by atoms with Crippen LogP contribution >= 0.6 is 11.3 Å². The van der Waals surface area contributed by atoms with Crippen LogP contribution in [0.5, 0.6) is 0 Å². The highest BCUT2D eigenvalue weighted by Crippen LogP contribution is 2.31. The standard InChI is InChI=1S/C15H22N2O3S/c1-9-10(2)14(21-11(9)3)16-13(18)8-17-6-4-12(5-7-17)15(19)20/h12H,4-8H2,1-3H3,(H,16,18)(H,19,20). The third kappa shape index (κ3) is 3.83. The lowest BCUT2D eigenvalue weighted by molar-refractivity contribution is -0.143. The number of nitrogens with zero attached hydrogens (tertiary/aromatic N) is 1. The van der Waals surface area contributed by atoms with Gasteiger partial charge in [-0.1, -0.05) is 0 Å². The van der Waals surface area contributed by atoms with Crippen molar-refractivity contribution in [3.63, 3.8) is 0 Å². The Morgan fingerprint density at radius 1 is 1.24 bits per heavy atom. The van der Waals surface area contributed by atoms with Crippen molar-refractivity contribution >= 4 is 28.2 Å². The third-order valence-corrected chi connectivity index (χ3v) is 5.47. The molecule has 1 fully saturated rings. The summed E-state index contributed by atoms with van der Waals surface area (Å²) in [5.74, 6) is -0.999. The van der Waals surface area contributed by atoms with Crippen LogP contribution in [0.4, 0.5) is 5.00 Å². The van der Waals surface area contributed by atoms with Crippen LogP contribution in [0.1, 0.15) is 28.8 Å². The number of carboxylic acid groups (broad SMARTS) is 1. The highest BCUT2D eigenvalue weighted by Gasteiger charge is 2.25. The number of hydrogen-bond donors (Lipinski definition) is 2. The molecule has 5 nitrogen and oxygen atoms in total. The van der Waals surface area contributed by atoms with E-state index in [1.165, 1.54) is 10.4 Å². The van der Waals surface area contributed by atoms with Crippen molar-refractivity contribution in [2.24, 2.45) is 5.92 Å². The predicted molar refractivity (Wildman–Crippen MR) is 84.0 cm³/mol. The molecule has 0 unspecified atom stereocenters. The summed E-state index contributed by atoms with van der Waals surface area (Å²) >= 11 is 1.61. The number of hydrogen-bond acceptors (Lipinski definition) is 4. The van der Waals surface area contributed by atoms with E-state index in [9.17, 15) is 9.59 Å². The van der Waals surface area contributed by atoms with Crippen LogP contribution in [-0.2, 0) is 9.59 Å². The summed E-state index contributed by atoms with van der Waals surface area (Å²) in [6.45, 7) is 7.82. The second-order valence-electron chi connectivity index (χ2n) is 5.67. The topological polar surface area (TPSA) is 69.6 Å². The van der Waals surface area contributed by atoms with Crippen LogP contribution < -0.4 is 5.32 Å². The molecule has 1 aromatic rings. The zero-order chi connectivity index (χ0) is 15.6. The quantitative estimate of drug-likeness (QED) is 0.896. The Morgan fingerprint density at radius 3 is 2.33 bits per heavy atom. The monoisotopic (exact) mass is 310 g/mol. The van der Waals surface area contributed by atoms with E-state index in [4.69, 9.17) is 5.11 Å². The van der Waals surface area contributed by atoms with Crippen LogP contribution in [-0.4, -0.2) is 41.5 Å². The first-order valence-corrected chi connectivity index (χ1v) is 8.01. The van der Waals surface area contributed by atoms with Gasteiger partial charge < -0.3 is 10.4 Å². The van der Waals surface area contributed by atoms with Crippen molar-refractivity contribution in [3.05, 3.63) is 16.0 Å². The van der Waals surface area contributed by atoms with E-state index in [2.05, 4.69) is 19.2 Å². The summed E-state index contributed by atoms with van der Waals surface area (Å²) in [6, 6.07) is 0. The lowest BCUT2D eigenvalue weighted by Crippen LogP contribution is -2.40. The molecular weight excluding hydrogens is 288 g/mol. The van der Waals surface area contributed by atoms with Crippen molar-refractivity contribution in [2.45, 2.75) is 33.6 Å². The molecule has 0 bridgehead atoms. The molecule has 0 saturated carbocycles. The van der Waals surface area contributed by atoms with Crippen LogP contribution in [0.25, 0.3) is 0 Å². The van der Waals surface area contributed by atoms with Gasteiger partial charge in [0.2, 0.25) is 5.91 Å². The summed E-state index contributed by atoms with van der Waals surface area (Å²) in [5, 5.41) is 12.9. The predicted octanol–water partition coefficient (Wildman–Crippen LogP) is 2.41. The highest BCUT2D eigenvalue weighted by molar-refractivity contribution is 7.16. The van der Waals surface area contributed by atoms with Crippen LogP contribution in [0.3, 0.4) is 0 Å². The molecule has 1 aromatic heterocycles. The lowest BCUT2D eigenvalue weighted by atomic mass is 9.97. The summed E-state index contributed by atoms with van der Waals surface area (Å²) < 4.78 is 0. The third-order valence-electron chi connectivity index (χ3n) is 4.24. The Bertz CT molecular complexity index is 545. The van der Waals surface area contributed by atoms with Gasteiger partial charge in [-0.3, -0.25) is 14.5 Å². The van der Waals surface area contributed by atoms with Crippen molar-refractivity contribution in [1.29, 1.82) is 0 Å². The second-order valence-corrected chi connectivity index (χ2v) is 6.90. The molecule has 0 radical (unpaired) electrons. The number of rotatable bonds is 4. The summed E-state index contributed by atoms with van der Waals surface area (Å²) in [7, 11) is 0. The number of likely N-dealkylation sites (tertiary alicyclic amines) is 1. The maximum atomic E-state index is 12.1. The number of thiophene rings is 1. The van der Waals surface area contributed by atoms with Crippen molar-refractivity contribution in [1.82, 2.24) is 4.90 Å². The van der Waals surface area contributed by atoms with Crippen LogP contribution in [0.2, 0.25) is 0 Å². The van der Waals surface area contributed by atoms with E-state index in [1.807, 2.05) is 11.8 Å². The minimum absolute atomic E-state index is 0.0203. The first-order valence-electron chi connectivity index (χ1n) is 7.20. The zero-order valence-corrected chi connectivity index (χ0v) is 13.5. The number of piperidine rings is 1. The van der Waals surface area contributed by atoms with Crippen LogP contribution in [0.15, 0.2) is 0 Å². The molecule has 116 valence electrons.